The molecule has 0 spiro atoms. The number of aromatic nitrogens is 1. The standard InChI is InChI=1S/C15H23N3O2S/c1-5-12-14(19)17-11(6-9(2)3)15(20)18(12)7-13-16-10(4)8-21-13/h8-9,11-12H,5-7H2,1-4H3,(H,17,19). The molecule has 0 radical (unpaired) electrons. The van der Waals surface area contributed by atoms with Gasteiger partial charge in [0, 0.05) is 11.1 Å². The molecule has 0 saturated carbocycles. The zero-order chi connectivity index (χ0) is 15.6. The van der Waals surface area contributed by atoms with Gasteiger partial charge in [-0.3, -0.25) is 9.59 Å². The zero-order valence-corrected chi connectivity index (χ0v) is 13.9. The molecule has 1 aliphatic rings. The first-order chi connectivity index (χ1) is 9.92. The summed E-state index contributed by atoms with van der Waals surface area (Å²) in [7, 11) is 0. The summed E-state index contributed by atoms with van der Waals surface area (Å²) in [6.45, 7) is 8.40. The molecule has 21 heavy (non-hydrogen) atoms. The zero-order valence-electron chi connectivity index (χ0n) is 13.0. The Morgan fingerprint density at radius 2 is 2.14 bits per heavy atom. The average Bonchev–Trinajstić information content (AvgIpc) is 2.80. The molecule has 0 bridgehead atoms. The smallest absolute Gasteiger partial charge is 0.246 e. The third-order valence-electron chi connectivity index (χ3n) is 3.64. The summed E-state index contributed by atoms with van der Waals surface area (Å²) in [5.74, 6) is 0.334. The minimum atomic E-state index is -0.402. The van der Waals surface area contributed by atoms with Gasteiger partial charge in [0.1, 0.15) is 17.1 Å². The number of aryl methyl sites for hydroxylation is 1. The number of hydrogen-bond acceptors (Lipinski definition) is 4. The topological polar surface area (TPSA) is 62.3 Å². The van der Waals surface area contributed by atoms with Gasteiger partial charge in [-0.05, 0) is 25.7 Å². The Hall–Kier alpha value is -1.43. The monoisotopic (exact) mass is 309 g/mol. The lowest BCUT2D eigenvalue weighted by Crippen LogP contribution is -2.62. The van der Waals surface area contributed by atoms with Crippen molar-refractivity contribution in [2.45, 2.75) is 59.2 Å². The van der Waals surface area contributed by atoms with Crippen LogP contribution in [0.5, 0.6) is 0 Å². The summed E-state index contributed by atoms with van der Waals surface area (Å²) in [5.41, 5.74) is 0.954. The van der Waals surface area contributed by atoms with Crippen molar-refractivity contribution < 1.29 is 9.59 Å². The number of piperazine rings is 1. The molecular formula is C15H23N3O2S. The number of nitrogens with zero attached hydrogens (tertiary/aromatic N) is 2. The summed E-state index contributed by atoms with van der Waals surface area (Å²) in [6.07, 6.45) is 1.30. The minimum absolute atomic E-state index is 0.0167. The fourth-order valence-electron chi connectivity index (χ4n) is 2.67. The van der Waals surface area contributed by atoms with Crippen molar-refractivity contribution in [1.82, 2.24) is 15.2 Å². The molecule has 0 aromatic carbocycles. The van der Waals surface area contributed by atoms with Crippen LogP contribution in [0.4, 0.5) is 0 Å². The van der Waals surface area contributed by atoms with E-state index in [1.54, 1.807) is 4.90 Å². The first kappa shape index (κ1) is 15.9. The van der Waals surface area contributed by atoms with Crippen LogP contribution in [0.2, 0.25) is 0 Å². The van der Waals surface area contributed by atoms with Crippen molar-refractivity contribution in [2.24, 2.45) is 5.92 Å². The normalized spacial score (nSPS) is 22.8. The summed E-state index contributed by atoms with van der Waals surface area (Å²) in [5, 5.41) is 5.73. The van der Waals surface area contributed by atoms with E-state index < -0.39 is 6.04 Å². The van der Waals surface area contributed by atoms with Gasteiger partial charge in [-0.25, -0.2) is 4.98 Å². The molecule has 1 aliphatic heterocycles. The summed E-state index contributed by atoms with van der Waals surface area (Å²) < 4.78 is 0. The van der Waals surface area contributed by atoms with Crippen LogP contribution in [-0.2, 0) is 16.1 Å². The fraction of sp³-hybridized carbons (Fsp3) is 0.667. The van der Waals surface area contributed by atoms with Crippen LogP contribution in [0.1, 0.15) is 44.3 Å². The van der Waals surface area contributed by atoms with Gasteiger partial charge < -0.3 is 10.2 Å². The van der Waals surface area contributed by atoms with Crippen molar-refractivity contribution in [3.8, 4) is 0 Å². The molecule has 2 atom stereocenters. The number of amides is 2. The number of carbonyl (C=O) groups excluding carboxylic acids is 2. The van der Waals surface area contributed by atoms with E-state index >= 15 is 0 Å². The molecule has 0 aliphatic carbocycles. The van der Waals surface area contributed by atoms with E-state index in [1.165, 1.54) is 11.3 Å². The average molecular weight is 309 g/mol. The van der Waals surface area contributed by atoms with E-state index in [9.17, 15) is 9.59 Å². The first-order valence-electron chi connectivity index (χ1n) is 7.44. The lowest BCUT2D eigenvalue weighted by atomic mass is 9.97. The van der Waals surface area contributed by atoms with E-state index in [1.807, 2.05) is 19.2 Å². The van der Waals surface area contributed by atoms with Crippen LogP contribution in [0.15, 0.2) is 5.38 Å². The quantitative estimate of drug-likeness (QED) is 0.906. The Balaban J connectivity index is 2.19. The molecule has 6 heteroatoms. The Morgan fingerprint density at radius 1 is 1.43 bits per heavy atom. The van der Waals surface area contributed by atoms with Gasteiger partial charge in [-0.1, -0.05) is 20.8 Å². The molecule has 1 saturated heterocycles. The SMILES string of the molecule is CCC1C(=O)NC(CC(C)C)C(=O)N1Cc1nc(C)cs1. The predicted molar refractivity (Wildman–Crippen MR) is 82.9 cm³/mol. The summed E-state index contributed by atoms with van der Waals surface area (Å²) in [4.78, 5) is 31.0. The van der Waals surface area contributed by atoms with Crippen LogP contribution >= 0.6 is 11.3 Å². The van der Waals surface area contributed by atoms with Gasteiger partial charge >= 0.3 is 0 Å². The van der Waals surface area contributed by atoms with E-state index in [0.29, 0.717) is 25.3 Å². The highest BCUT2D eigenvalue weighted by Gasteiger charge is 2.39. The maximum Gasteiger partial charge on any atom is 0.246 e. The van der Waals surface area contributed by atoms with Crippen molar-refractivity contribution >= 4 is 23.2 Å². The second-order valence-corrected chi connectivity index (χ2v) is 6.91. The fourth-order valence-corrected chi connectivity index (χ4v) is 3.44. The molecule has 116 valence electrons. The lowest BCUT2D eigenvalue weighted by molar-refractivity contribution is -0.150. The second kappa shape index (κ2) is 6.56. The first-order valence-corrected chi connectivity index (χ1v) is 8.32. The van der Waals surface area contributed by atoms with Crippen molar-refractivity contribution in [3.05, 3.63) is 16.1 Å². The Labute approximate surface area is 129 Å². The van der Waals surface area contributed by atoms with Gasteiger partial charge in [0.15, 0.2) is 0 Å². The highest BCUT2D eigenvalue weighted by atomic mass is 32.1. The molecule has 2 rings (SSSR count). The number of hydrogen-bond donors (Lipinski definition) is 1. The maximum absolute atomic E-state index is 12.7. The number of rotatable bonds is 5. The largest absolute Gasteiger partial charge is 0.342 e. The molecule has 1 N–H and O–H groups in total. The van der Waals surface area contributed by atoms with Gasteiger partial charge in [-0.2, -0.15) is 0 Å². The molecule has 1 aromatic heterocycles. The van der Waals surface area contributed by atoms with Crippen LogP contribution in [0, 0.1) is 12.8 Å². The van der Waals surface area contributed by atoms with E-state index in [-0.39, 0.29) is 17.9 Å². The third kappa shape index (κ3) is 3.61. The molecule has 1 aromatic rings. The predicted octanol–water partition coefficient (Wildman–Crippen LogP) is 2.10. The van der Waals surface area contributed by atoms with Crippen LogP contribution < -0.4 is 5.32 Å². The van der Waals surface area contributed by atoms with Crippen LogP contribution in [0.3, 0.4) is 0 Å². The lowest BCUT2D eigenvalue weighted by Gasteiger charge is -2.38. The summed E-state index contributed by atoms with van der Waals surface area (Å²) in [6, 6.07) is -0.786. The molecule has 2 unspecified atom stereocenters. The van der Waals surface area contributed by atoms with Gasteiger partial charge in [0.05, 0.1) is 6.54 Å². The van der Waals surface area contributed by atoms with Gasteiger partial charge in [0.2, 0.25) is 11.8 Å². The van der Waals surface area contributed by atoms with Crippen LogP contribution in [0.25, 0.3) is 0 Å². The molecule has 5 nitrogen and oxygen atoms in total. The Bertz CT molecular complexity index is 527. The maximum atomic E-state index is 12.7. The van der Waals surface area contributed by atoms with E-state index in [0.717, 1.165) is 10.7 Å². The Morgan fingerprint density at radius 3 is 2.67 bits per heavy atom. The van der Waals surface area contributed by atoms with Crippen LogP contribution in [-0.4, -0.2) is 33.8 Å². The molecule has 1 fully saturated rings. The van der Waals surface area contributed by atoms with E-state index in [2.05, 4.69) is 24.1 Å². The highest BCUT2D eigenvalue weighted by molar-refractivity contribution is 7.09. The third-order valence-corrected chi connectivity index (χ3v) is 4.59. The van der Waals surface area contributed by atoms with Crippen molar-refractivity contribution in [2.75, 3.05) is 0 Å². The number of carbonyl (C=O) groups is 2. The summed E-state index contributed by atoms with van der Waals surface area (Å²) >= 11 is 1.54. The molecule has 2 heterocycles. The number of nitrogens with one attached hydrogen (secondary N) is 1. The van der Waals surface area contributed by atoms with E-state index in [4.69, 9.17) is 0 Å². The second-order valence-electron chi connectivity index (χ2n) is 5.96. The number of thiazole rings is 1. The van der Waals surface area contributed by atoms with Gasteiger partial charge in [-0.15, -0.1) is 11.3 Å². The van der Waals surface area contributed by atoms with Crippen molar-refractivity contribution in [1.29, 1.82) is 0 Å². The molecule has 2 amide bonds. The highest BCUT2D eigenvalue weighted by Crippen LogP contribution is 2.21. The van der Waals surface area contributed by atoms with Gasteiger partial charge in [0.25, 0.3) is 0 Å². The van der Waals surface area contributed by atoms with Crippen molar-refractivity contribution in [3.63, 3.8) is 0 Å². The minimum Gasteiger partial charge on any atom is -0.342 e. The Kier molecular flexibility index (Phi) is 4.98. The molecular weight excluding hydrogens is 286 g/mol.